The predicted molar refractivity (Wildman–Crippen MR) is 166 cm³/mol. The first-order chi connectivity index (χ1) is 20.0. The van der Waals surface area contributed by atoms with Crippen LogP contribution in [0.1, 0.15) is 102 Å². The second-order valence-electron chi connectivity index (χ2n) is 15.4. The third-order valence-corrected chi connectivity index (χ3v) is 12.4. The maximum Gasteiger partial charge on any atom is 0.144 e. The molecule has 228 valence electrons. The van der Waals surface area contributed by atoms with Gasteiger partial charge in [0, 0.05) is 24.7 Å². The van der Waals surface area contributed by atoms with Gasteiger partial charge in [-0.25, -0.2) is 0 Å². The smallest absolute Gasteiger partial charge is 0.144 e. The summed E-state index contributed by atoms with van der Waals surface area (Å²) in [5.41, 5.74) is 2.51. The number of hydrogen-bond acceptors (Lipinski definition) is 4. The molecule has 1 saturated heterocycles. The van der Waals surface area contributed by atoms with E-state index in [0.29, 0.717) is 42.9 Å². The Hall–Kier alpha value is -2.07. The van der Waals surface area contributed by atoms with Crippen LogP contribution in [0.5, 0.6) is 0 Å². The summed E-state index contributed by atoms with van der Waals surface area (Å²) in [6.45, 7) is 11.1. The lowest BCUT2D eigenvalue weighted by Gasteiger charge is -2.45. The van der Waals surface area contributed by atoms with Gasteiger partial charge >= 0.3 is 0 Å². The fraction of sp³-hybridized carbons (Fsp3) is 0.711. The Balaban J connectivity index is 1.27. The summed E-state index contributed by atoms with van der Waals surface area (Å²) in [4.78, 5) is 42.9. The van der Waals surface area contributed by atoms with Crippen LogP contribution in [-0.2, 0) is 25.5 Å². The van der Waals surface area contributed by atoms with Gasteiger partial charge in [0.05, 0.1) is 23.5 Å². The van der Waals surface area contributed by atoms with Crippen molar-refractivity contribution in [2.24, 2.45) is 53.3 Å². The van der Waals surface area contributed by atoms with Gasteiger partial charge in [0.1, 0.15) is 17.3 Å². The number of aryl methyl sites for hydroxylation is 2. The van der Waals surface area contributed by atoms with Gasteiger partial charge < -0.3 is 4.74 Å². The summed E-state index contributed by atoms with van der Waals surface area (Å²) in [5.74, 6) is 1.87. The molecule has 3 aliphatic carbocycles. The number of hydrogen-bond donors (Lipinski definition) is 0. The van der Waals surface area contributed by atoms with E-state index < -0.39 is 17.4 Å². The van der Waals surface area contributed by atoms with Crippen LogP contribution in [0.3, 0.4) is 0 Å². The Labute approximate surface area is 253 Å². The van der Waals surface area contributed by atoms with Gasteiger partial charge in [-0.15, -0.1) is 0 Å². The fourth-order valence-corrected chi connectivity index (χ4v) is 9.82. The van der Waals surface area contributed by atoms with Crippen molar-refractivity contribution in [2.75, 3.05) is 0 Å². The predicted octanol–water partition coefficient (Wildman–Crippen LogP) is 7.81. The molecule has 2 aliphatic heterocycles. The number of carbonyl (C=O) groups excluding carboxylic acids is 3. The second-order valence-corrected chi connectivity index (χ2v) is 15.4. The summed E-state index contributed by atoms with van der Waals surface area (Å²) in [6.07, 6.45) is 14.3. The monoisotopic (exact) mass is 572 g/mol. The molecule has 42 heavy (non-hydrogen) atoms. The van der Waals surface area contributed by atoms with Crippen molar-refractivity contribution in [1.29, 1.82) is 0 Å². The van der Waals surface area contributed by atoms with E-state index in [-0.39, 0.29) is 35.3 Å². The summed E-state index contributed by atoms with van der Waals surface area (Å²) in [6, 6.07) is 6.30. The van der Waals surface area contributed by atoms with Crippen LogP contribution in [0.4, 0.5) is 0 Å². The second kappa shape index (κ2) is 11.8. The average Bonchev–Trinajstić information content (AvgIpc) is 3.50. The molecule has 0 aromatic heterocycles. The highest BCUT2D eigenvalue weighted by Crippen LogP contribution is 2.57. The van der Waals surface area contributed by atoms with Crippen LogP contribution in [0.2, 0.25) is 0 Å². The highest BCUT2D eigenvalue weighted by molar-refractivity contribution is 5.98. The topological polar surface area (TPSA) is 60.4 Å². The van der Waals surface area contributed by atoms with Gasteiger partial charge in [-0.3, -0.25) is 14.4 Å². The first kappa shape index (κ1) is 30.0. The number of ketones is 3. The largest absolute Gasteiger partial charge is 0.362 e. The Kier molecular flexibility index (Phi) is 8.41. The molecule has 2 bridgehead atoms. The van der Waals surface area contributed by atoms with Crippen molar-refractivity contribution in [1.82, 2.24) is 0 Å². The van der Waals surface area contributed by atoms with Crippen molar-refractivity contribution in [2.45, 2.75) is 117 Å². The highest BCUT2D eigenvalue weighted by Gasteiger charge is 2.66. The molecule has 0 amide bonds. The molecule has 9 atom stereocenters. The molecule has 6 rings (SSSR count). The molecular weight excluding hydrogens is 520 g/mol. The van der Waals surface area contributed by atoms with E-state index in [9.17, 15) is 14.4 Å². The molecule has 2 heterocycles. The zero-order valence-corrected chi connectivity index (χ0v) is 26.6. The van der Waals surface area contributed by atoms with Crippen LogP contribution in [-0.4, -0.2) is 29.1 Å². The van der Waals surface area contributed by atoms with E-state index >= 15 is 0 Å². The van der Waals surface area contributed by atoms with E-state index in [0.717, 1.165) is 48.3 Å². The van der Waals surface area contributed by atoms with Crippen molar-refractivity contribution < 1.29 is 19.1 Å². The summed E-state index contributed by atoms with van der Waals surface area (Å²) in [5, 5.41) is 0. The van der Waals surface area contributed by atoms with E-state index in [2.05, 4.69) is 58.9 Å². The lowest BCUT2D eigenvalue weighted by molar-refractivity contribution is -0.150. The molecule has 1 aromatic carbocycles. The standard InChI is InChI=1S/C38H52O4/c1-22-9-11-27(12-10-22)18-30-31(32(39)20-29-8-6-7-25(4)26(29)5)21-38-14-13-34(42-38)35(36(38)37(30)41)33(40)19-28-16-23(2)15-24(3)17-28/h13-17,22,25-27,29-31,34-36H,6-12,18-21H2,1-5H3. The van der Waals surface area contributed by atoms with Gasteiger partial charge in [0.25, 0.3) is 0 Å². The molecule has 4 fully saturated rings. The Morgan fingerprint density at radius 1 is 0.929 bits per heavy atom. The third-order valence-electron chi connectivity index (χ3n) is 12.4. The average molecular weight is 573 g/mol. The quantitative estimate of drug-likeness (QED) is 0.298. The minimum Gasteiger partial charge on any atom is -0.362 e. The molecule has 1 spiro atoms. The zero-order valence-electron chi connectivity index (χ0n) is 26.6. The van der Waals surface area contributed by atoms with E-state index in [1.54, 1.807) is 0 Å². The molecule has 0 radical (unpaired) electrons. The van der Waals surface area contributed by atoms with Gasteiger partial charge in [-0.2, -0.15) is 0 Å². The number of carbonyl (C=O) groups is 3. The highest BCUT2D eigenvalue weighted by atomic mass is 16.5. The van der Waals surface area contributed by atoms with Crippen LogP contribution >= 0.6 is 0 Å². The lowest BCUT2D eigenvalue weighted by atomic mass is 9.56. The van der Waals surface area contributed by atoms with Crippen LogP contribution in [0.15, 0.2) is 30.4 Å². The van der Waals surface area contributed by atoms with Gasteiger partial charge in [-0.1, -0.05) is 101 Å². The van der Waals surface area contributed by atoms with Gasteiger partial charge in [0.2, 0.25) is 0 Å². The van der Waals surface area contributed by atoms with E-state index in [1.807, 2.05) is 6.08 Å². The number of Topliss-reactive ketones (excluding diaryl/α,β-unsaturated/α-hetero) is 3. The summed E-state index contributed by atoms with van der Waals surface area (Å²) in [7, 11) is 0. The van der Waals surface area contributed by atoms with Gasteiger partial charge in [-0.05, 0) is 68.3 Å². The van der Waals surface area contributed by atoms with E-state index in [4.69, 9.17) is 4.74 Å². The molecule has 5 aliphatic rings. The number of benzene rings is 1. The first-order valence-corrected chi connectivity index (χ1v) is 17.1. The minimum atomic E-state index is -0.798. The molecule has 1 aromatic rings. The van der Waals surface area contributed by atoms with Gasteiger partial charge in [0.15, 0.2) is 0 Å². The zero-order chi connectivity index (χ0) is 29.8. The Morgan fingerprint density at radius 3 is 2.36 bits per heavy atom. The Morgan fingerprint density at radius 2 is 1.64 bits per heavy atom. The summed E-state index contributed by atoms with van der Waals surface area (Å²) < 4.78 is 6.61. The molecule has 3 saturated carbocycles. The van der Waals surface area contributed by atoms with Crippen LogP contribution in [0, 0.1) is 67.1 Å². The summed E-state index contributed by atoms with van der Waals surface area (Å²) >= 11 is 0. The Bertz CT molecular complexity index is 1220. The van der Waals surface area contributed by atoms with Crippen LogP contribution in [0.25, 0.3) is 0 Å². The lowest BCUT2D eigenvalue weighted by Crippen LogP contribution is -2.55. The maximum absolute atomic E-state index is 14.7. The minimum absolute atomic E-state index is 0.106. The molecular formula is C38H52O4. The molecule has 4 nitrogen and oxygen atoms in total. The number of rotatable bonds is 8. The first-order valence-electron chi connectivity index (χ1n) is 17.1. The molecule has 0 N–H and O–H groups in total. The fourth-order valence-electron chi connectivity index (χ4n) is 9.82. The maximum atomic E-state index is 14.7. The van der Waals surface area contributed by atoms with Crippen LogP contribution < -0.4 is 0 Å². The molecule has 4 heteroatoms. The van der Waals surface area contributed by atoms with Crippen molar-refractivity contribution >= 4 is 17.3 Å². The number of ether oxygens (including phenoxy) is 1. The van der Waals surface area contributed by atoms with Crippen molar-refractivity contribution in [3.63, 3.8) is 0 Å². The van der Waals surface area contributed by atoms with Crippen molar-refractivity contribution in [3.8, 4) is 0 Å². The molecule has 9 unspecified atom stereocenters. The third kappa shape index (κ3) is 5.62. The normalized spacial score (nSPS) is 41.1. The van der Waals surface area contributed by atoms with Crippen molar-refractivity contribution in [3.05, 3.63) is 47.0 Å². The van der Waals surface area contributed by atoms with E-state index in [1.165, 1.54) is 25.7 Å². The SMILES string of the molecule is Cc1cc(C)cc(CC(=O)C2C3C=CC4(CC(C(=O)CC5CCCC(C)C5C)C(CC5CCC(C)CC5)C(=O)C24)O3)c1. The number of fused-ring (bicyclic) bond motifs is 1.